The summed E-state index contributed by atoms with van der Waals surface area (Å²) in [5.41, 5.74) is 11.8. The van der Waals surface area contributed by atoms with Crippen LogP contribution in [0, 0.1) is 0 Å². The van der Waals surface area contributed by atoms with Crippen LogP contribution in [0.1, 0.15) is 105 Å². The molecule has 4 heterocycles. The van der Waals surface area contributed by atoms with Gasteiger partial charge in [-0.05, 0) is 105 Å². The number of benzene rings is 7. The fourth-order valence-electron chi connectivity index (χ4n) is 9.36. The molecule has 11 aromatic rings. The molecule has 0 amide bonds. The van der Waals surface area contributed by atoms with E-state index in [0.29, 0.717) is 0 Å². The van der Waals surface area contributed by atoms with Gasteiger partial charge >= 0.3 is 0 Å². The molecular formula is C54H50O4. The first-order valence-corrected chi connectivity index (χ1v) is 20.7. The summed E-state index contributed by atoms with van der Waals surface area (Å²) in [4.78, 5) is 0. The molecule has 0 saturated carbocycles. The Labute approximate surface area is 337 Å². The summed E-state index contributed by atoms with van der Waals surface area (Å²) in [6.07, 6.45) is 0. The van der Waals surface area contributed by atoms with E-state index in [9.17, 15) is 0 Å². The van der Waals surface area contributed by atoms with E-state index in [1.165, 1.54) is 22.3 Å². The van der Waals surface area contributed by atoms with Crippen molar-refractivity contribution < 1.29 is 17.7 Å². The Bertz CT molecular complexity index is 3110. The van der Waals surface area contributed by atoms with Crippen molar-refractivity contribution in [1.82, 2.24) is 0 Å². The monoisotopic (exact) mass is 762 g/mol. The van der Waals surface area contributed by atoms with Crippen LogP contribution < -0.4 is 0 Å². The maximum Gasteiger partial charge on any atom is 0.144 e. The number of furan rings is 4. The van der Waals surface area contributed by atoms with Gasteiger partial charge in [0.15, 0.2) is 0 Å². The van der Waals surface area contributed by atoms with E-state index in [4.69, 9.17) is 17.7 Å². The summed E-state index contributed by atoms with van der Waals surface area (Å²) in [5, 5.41) is 12.7. The van der Waals surface area contributed by atoms with Gasteiger partial charge in [0.1, 0.15) is 44.7 Å². The van der Waals surface area contributed by atoms with E-state index in [-0.39, 0.29) is 21.7 Å². The largest absolute Gasteiger partial charge is 0.455 e. The zero-order valence-corrected chi connectivity index (χ0v) is 35.7. The van der Waals surface area contributed by atoms with Gasteiger partial charge in [-0.2, -0.15) is 0 Å². The van der Waals surface area contributed by atoms with E-state index in [1.807, 2.05) is 0 Å². The number of rotatable bonds is 0. The minimum Gasteiger partial charge on any atom is -0.455 e. The number of fused-ring (bicyclic) bond motifs is 20. The molecule has 0 saturated heterocycles. The van der Waals surface area contributed by atoms with E-state index >= 15 is 0 Å². The van der Waals surface area contributed by atoms with Crippen molar-refractivity contribution >= 4 is 109 Å². The van der Waals surface area contributed by atoms with Gasteiger partial charge in [-0.25, -0.2) is 0 Å². The summed E-state index contributed by atoms with van der Waals surface area (Å²) in [6, 6.07) is 31.3. The zero-order chi connectivity index (χ0) is 40.6. The lowest BCUT2D eigenvalue weighted by Gasteiger charge is -2.19. The Morgan fingerprint density at radius 3 is 0.655 bits per heavy atom. The van der Waals surface area contributed by atoms with Crippen molar-refractivity contribution in [2.45, 2.75) is 105 Å². The van der Waals surface area contributed by atoms with Gasteiger partial charge in [-0.1, -0.05) is 107 Å². The predicted molar refractivity (Wildman–Crippen MR) is 245 cm³/mol. The van der Waals surface area contributed by atoms with Crippen molar-refractivity contribution in [3.8, 4) is 0 Å². The van der Waals surface area contributed by atoms with Crippen LogP contribution in [0.25, 0.3) is 109 Å². The molecule has 0 atom stereocenters. The second-order valence-electron chi connectivity index (χ2n) is 21.0. The summed E-state index contributed by atoms with van der Waals surface area (Å²) >= 11 is 0. The number of hydrogen-bond acceptors (Lipinski definition) is 4. The molecule has 7 aromatic carbocycles. The zero-order valence-electron chi connectivity index (χ0n) is 35.7. The quantitative estimate of drug-likeness (QED) is 0.144. The third-order valence-electron chi connectivity index (χ3n) is 12.9. The van der Waals surface area contributed by atoms with Crippen molar-refractivity contribution in [3.63, 3.8) is 0 Å². The molecule has 4 aromatic heterocycles. The summed E-state index contributed by atoms with van der Waals surface area (Å²) in [7, 11) is 0. The first kappa shape index (κ1) is 35.4. The van der Waals surface area contributed by atoms with Crippen LogP contribution in [0.2, 0.25) is 0 Å². The molecule has 0 bridgehead atoms. The minimum atomic E-state index is -0.0346. The Balaban J connectivity index is 1.38. The summed E-state index contributed by atoms with van der Waals surface area (Å²) in [6.45, 7) is 27.2. The third kappa shape index (κ3) is 4.87. The molecule has 0 aliphatic rings. The van der Waals surface area contributed by atoms with Gasteiger partial charge in [-0.15, -0.1) is 0 Å². The van der Waals surface area contributed by atoms with E-state index in [0.717, 1.165) is 109 Å². The molecule has 4 nitrogen and oxygen atoms in total. The Kier molecular flexibility index (Phi) is 6.75. The van der Waals surface area contributed by atoms with Gasteiger partial charge < -0.3 is 17.7 Å². The van der Waals surface area contributed by atoms with Gasteiger partial charge in [0, 0.05) is 64.6 Å². The van der Waals surface area contributed by atoms with Gasteiger partial charge in [0.25, 0.3) is 0 Å². The Morgan fingerprint density at radius 2 is 0.466 bits per heavy atom. The maximum absolute atomic E-state index is 7.02. The molecule has 0 unspecified atom stereocenters. The smallest absolute Gasteiger partial charge is 0.144 e. The molecule has 0 N–H and O–H groups in total. The molecule has 0 aliphatic carbocycles. The van der Waals surface area contributed by atoms with Crippen LogP contribution >= 0.6 is 0 Å². The average molecular weight is 763 g/mol. The first-order chi connectivity index (χ1) is 27.3. The highest BCUT2D eigenvalue weighted by atomic mass is 16.3. The summed E-state index contributed by atoms with van der Waals surface area (Å²) in [5.74, 6) is 0. The molecule has 0 aliphatic heterocycles. The minimum absolute atomic E-state index is 0.0346. The van der Waals surface area contributed by atoms with Gasteiger partial charge in [-0.3, -0.25) is 0 Å². The van der Waals surface area contributed by atoms with Crippen LogP contribution in [0.5, 0.6) is 0 Å². The third-order valence-corrected chi connectivity index (χ3v) is 12.9. The Hall–Kier alpha value is -5.74. The van der Waals surface area contributed by atoms with Crippen LogP contribution in [-0.2, 0) is 21.7 Å². The lowest BCUT2D eigenvalue weighted by atomic mass is 9.85. The standard InChI is InChI=1S/C54H50O4/c1-51(2,3)27-13-17-39-35(21-27)43-44-36-22-28(52(4,5)6)14-18-40(36)56-48(44)32-26-34-33(25-31(32)47(43)55-39)49-45(37-23-29(53(7,8)9)15-19-41(37)57-49)46-38-24-30(54(10,11)12)16-20-42(38)58-50(34)46/h13-26H,1-12H3. The molecule has 4 heteroatoms. The molecule has 11 rings (SSSR count). The highest BCUT2D eigenvalue weighted by Crippen LogP contribution is 2.51. The molecule has 58 heavy (non-hydrogen) atoms. The molecule has 290 valence electrons. The Morgan fingerprint density at radius 1 is 0.259 bits per heavy atom. The lowest BCUT2D eigenvalue weighted by molar-refractivity contribution is 0.590. The van der Waals surface area contributed by atoms with Crippen LogP contribution in [-0.4, -0.2) is 0 Å². The molecule has 0 radical (unpaired) electrons. The fourth-order valence-corrected chi connectivity index (χ4v) is 9.36. The number of hydrogen-bond donors (Lipinski definition) is 0. The second-order valence-corrected chi connectivity index (χ2v) is 21.0. The van der Waals surface area contributed by atoms with Crippen molar-refractivity contribution in [2.75, 3.05) is 0 Å². The van der Waals surface area contributed by atoms with Crippen LogP contribution in [0.3, 0.4) is 0 Å². The van der Waals surface area contributed by atoms with Gasteiger partial charge in [0.05, 0.1) is 0 Å². The normalized spacial score (nSPS) is 13.9. The van der Waals surface area contributed by atoms with Gasteiger partial charge in [0.2, 0.25) is 0 Å². The lowest BCUT2D eigenvalue weighted by Crippen LogP contribution is -2.10. The predicted octanol–water partition coefficient (Wildman–Crippen LogP) is 16.8. The van der Waals surface area contributed by atoms with Crippen LogP contribution in [0.15, 0.2) is 103 Å². The van der Waals surface area contributed by atoms with Crippen molar-refractivity contribution in [2.24, 2.45) is 0 Å². The second kappa shape index (κ2) is 11.0. The SMILES string of the molecule is CC(C)(C)c1ccc2oc3c4cc5c(cc4c4oc6ccc(C(C)(C)C)cc6c4c3c2c1)c1oc2ccc(C(C)(C)C)cc2c1c1c2cc(C(C)(C)C)ccc2oc51. The van der Waals surface area contributed by atoms with Crippen LogP contribution in [0.4, 0.5) is 0 Å². The molecule has 0 spiro atoms. The topological polar surface area (TPSA) is 52.6 Å². The van der Waals surface area contributed by atoms with Crippen molar-refractivity contribution in [1.29, 1.82) is 0 Å². The highest BCUT2D eigenvalue weighted by molar-refractivity contribution is 6.39. The summed E-state index contributed by atoms with van der Waals surface area (Å²) < 4.78 is 28.1. The van der Waals surface area contributed by atoms with E-state index in [1.54, 1.807) is 0 Å². The molecule has 0 fully saturated rings. The average Bonchev–Trinajstić information content (AvgIpc) is 3.91. The highest BCUT2D eigenvalue weighted by Gasteiger charge is 2.28. The maximum atomic E-state index is 7.02. The molecular weight excluding hydrogens is 713 g/mol. The van der Waals surface area contributed by atoms with E-state index in [2.05, 4.69) is 168 Å². The van der Waals surface area contributed by atoms with Crippen molar-refractivity contribution in [3.05, 3.63) is 107 Å². The fraction of sp³-hybridized carbons (Fsp3) is 0.296. The van der Waals surface area contributed by atoms with E-state index < -0.39 is 0 Å². The first-order valence-electron chi connectivity index (χ1n) is 20.7.